The van der Waals surface area contributed by atoms with Crippen LogP contribution in [0, 0.1) is 5.41 Å². The Labute approximate surface area is 122 Å². The predicted octanol–water partition coefficient (Wildman–Crippen LogP) is 2.22. The van der Waals surface area contributed by atoms with Gasteiger partial charge in [-0.1, -0.05) is 24.6 Å². The van der Waals surface area contributed by atoms with Crippen LogP contribution in [0.1, 0.15) is 29.6 Å². The molecule has 0 unspecified atom stereocenters. The van der Waals surface area contributed by atoms with Crippen LogP contribution in [0.5, 0.6) is 0 Å². The summed E-state index contributed by atoms with van der Waals surface area (Å²) in [6.45, 7) is 0.178. The van der Waals surface area contributed by atoms with E-state index in [1.54, 1.807) is 12.3 Å². The molecule has 1 heterocycles. The van der Waals surface area contributed by atoms with Crippen LogP contribution in [0.4, 0.5) is 0 Å². The molecule has 0 atom stereocenters. The Bertz CT molecular complexity index is 702. The number of carboxylic acid groups (broad SMARTS) is 1. The number of hydrogen-bond donors (Lipinski definition) is 2. The number of amides is 1. The van der Waals surface area contributed by atoms with E-state index < -0.39 is 11.4 Å². The van der Waals surface area contributed by atoms with Gasteiger partial charge in [-0.2, -0.15) is 0 Å². The molecule has 1 amide bonds. The summed E-state index contributed by atoms with van der Waals surface area (Å²) in [4.78, 5) is 27.9. The van der Waals surface area contributed by atoms with Crippen molar-refractivity contribution in [2.24, 2.45) is 5.41 Å². The molecule has 1 saturated carbocycles. The zero-order valence-electron chi connectivity index (χ0n) is 11.5. The SMILES string of the molecule is O=C(NCC1(C(=O)O)CCC1)c1ccnc2ccccc12. The van der Waals surface area contributed by atoms with Crippen LogP contribution in [-0.2, 0) is 4.79 Å². The number of para-hydroxylation sites is 1. The van der Waals surface area contributed by atoms with Gasteiger partial charge in [-0.15, -0.1) is 0 Å². The average molecular weight is 284 g/mol. The first-order valence-electron chi connectivity index (χ1n) is 6.98. The topological polar surface area (TPSA) is 79.3 Å². The molecule has 0 spiro atoms. The van der Waals surface area contributed by atoms with Crippen molar-refractivity contribution in [3.8, 4) is 0 Å². The van der Waals surface area contributed by atoms with E-state index in [0.29, 0.717) is 18.4 Å². The predicted molar refractivity (Wildman–Crippen MR) is 78.0 cm³/mol. The van der Waals surface area contributed by atoms with E-state index >= 15 is 0 Å². The number of aromatic nitrogens is 1. The number of pyridine rings is 1. The fourth-order valence-electron chi connectivity index (χ4n) is 2.71. The summed E-state index contributed by atoms with van der Waals surface area (Å²) in [7, 11) is 0. The van der Waals surface area contributed by atoms with Crippen molar-refractivity contribution in [3.63, 3.8) is 0 Å². The lowest BCUT2D eigenvalue weighted by Gasteiger charge is -2.37. The summed E-state index contributed by atoms with van der Waals surface area (Å²) in [5.41, 5.74) is 0.501. The first kappa shape index (κ1) is 13.5. The smallest absolute Gasteiger partial charge is 0.311 e. The van der Waals surface area contributed by atoms with Crippen molar-refractivity contribution in [1.29, 1.82) is 0 Å². The first-order valence-corrected chi connectivity index (χ1v) is 6.98. The molecule has 5 nitrogen and oxygen atoms in total. The second-order valence-corrected chi connectivity index (χ2v) is 5.50. The Kier molecular flexibility index (Phi) is 3.33. The lowest BCUT2D eigenvalue weighted by molar-refractivity contribution is -0.153. The molecule has 1 fully saturated rings. The van der Waals surface area contributed by atoms with E-state index in [4.69, 9.17) is 0 Å². The highest BCUT2D eigenvalue weighted by molar-refractivity contribution is 6.06. The average Bonchev–Trinajstić information content (AvgIpc) is 2.45. The van der Waals surface area contributed by atoms with Gasteiger partial charge in [0.1, 0.15) is 0 Å². The molecule has 1 aliphatic rings. The molecule has 0 saturated heterocycles. The van der Waals surface area contributed by atoms with E-state index in [9.17, 15) is 14.7 Å². The van der Waals surface area contributed by atoms with Gasteiger partial charge < -0.3 is 10.4 Å². The minimum absolute atomic E-state index is 0.178. The number of carbonyl (C=O) groups is 2. The number of nitrogens with zero attached hydrogens (tertiary/aromatic N) is 1. The molecule has 2 aromatic rings. The summed E-state index contributed by atoms with van der Waals surface area (Å²) < 4.78 is 0. The van der Waals surface area contributed by atoms with Crippen LogP contribution in [0.15, 0.2) is 36.5 Å². The minimum atomic E-state index is -0.825. The zero-order valence-corrected chi connectivity index (χ0v) is 11.5. The highest BCUT2D eigenvalue weighted by Gasteiger charge is 2.44. The molecule has 108 valence electrons. The molecule has 3 rings (SSSR count). The van der Waals surface area contributed by atoms with Crippen LogP contribution in [0.25, 0.3) is 10.9 Å². The molecule has 1 aliphatic carbocycles. The molecule has 0 bridgehead atoms. The monoisotopic (exact) mass is 284 g/mol. The highest BCUT2D eigenvalue weighted by atomic mass is 16.4. The van der Waals surface area contributed by atoms with Gasteiger partial charge in [-0.05, 0) is 25.0 Å². The Morgan fingerprint density at radius 3 is 2.67 bits per heavy atom. The van der Waals surface area contributed by atoms with Crippen LogP contribution in [0.2, 0.25) is 0 Å². The fourth-order valence-corrected chi connectivity index (χ4v) is 2.71. The summed E-state index contributed by atoms with van der Waals surface area (Å²) in [5.74, 6) is -1.07. The Hall–Kier alpha value is -2.43. The lowest BCUT2D eigenvalue weighted by Crippen LogP contribution is -2.47. The Morgan fingerprint density at radius 1 is 1.24 bits per heavy atom. The quantitative estimate of drug-likeness (QED) is 0.902. The van der Waals surface area contributed by atoms with Gasteiger partial charge in [0.2, 0.25) is 0 Å². The molecular weight excluding hydrogens is 268 g/mol. The van der Waals surface area contributed by atoms with Crippen molar-refractivity contribution in [2.75, 3.05) is 6.54 Å². The van der Waals surface area contributed by atoms with E-state index in [-0.39, 0.29) is 12.5 Å². The number of aliphatic carboxylic acids is 1. The van der Waals surface area contributed by atoms with E-state index in [1.165, 1.54) is 0 Å². The number of rotatable bonds is 4. The second-order valence-electron chi connectivity index (χ2n) is 5.50. The van der Waals surface area contributed by atoms with Gasteiger partial charge in [0.25, 0.3) is 5.91 Å². The number of nitrogens with one attached hydrogen (secondary N) is 1. The van der Waals surface area contributed by atoms with Crippen LogP contribution in [0.3, 0.4) is 0 Å². The van der Waals surface area contributed by atoms with Gasteiger partial charge in [0.05, 0.1) is 16.5 Å². The summed E-state index contributed by atoms with van der Waals surface area (Å²) in [6, 6.07) is 9.06. The number of carbonyl (C=O) groups excluding carboxylic acids is 1. The van der Waals surface area contributed by atoms with Crippen molar-refractivity contribution >= 4 is 22.8 Å². The summed E-state index contributed by atoms with van der Waals surface area (Å²) in [5, 5.41) is 12.8. The third kappa shape index (κ3) is 2.35. The standard InChI is InChI=1S/C16H16N2O3/c19-14(18-10-16(15(20)21)7-3-8-16)12-6-9-17-13-5-2-1-4-11(12)13/h1-2,4-6,9H,3,7-8,10H2,(H,18,19)(H,20,21). The largest absolute Gasteiger partial charge is 0.481 e. The normalized spacial score (nSPS) is 16.2. The molecule has 21 heavy (non-hydrogen) atoms. The van der Waals surface area contributed by atoms with E-state index in [0.717, 1.165) is 17.3 Å². The van der Waals surface area contributed by atoms with Crippen molar-refractivity contribution in [1.82, 2.24) is 10.3 Å². The van der Waals surface area contributed by atoms with Gasteiger partial charge in [0.15, 0.2) is 0 Å². The van der Waals surface area contributed by atoms with Gasteiger partial charge in [-0.3, -0.25) is 14.6 Å². The number of hydrogen-bond acceptors (Lipinski definition) is 3. The van der Waals surface area contributed by atoms with Crippen LogP contribution in [-0.4, -0.2) is 28.5 Å². The summed E-state index contributed by atoms with van der Waals surface area (Å²) >= 11 is 0. The van der Waals surface area contributed by atoms with E-state index in [1.807, 2.05) is 24.3 Å². The molecule has 0 radical (unpaired) electrons. The molecular formula is C16H16N2O3. The third-order valence-electron chi connectivity index (χ3n) is 4.25. The van der Waals surface area contributed by atoms with Crippen molar-refractivity contribution < 1.29 is 14.7 Å². The number of carboxylic acids is 1. The maximum Gasteiger partial charge on any atom is 0.311 e. The molecule has 1 aromatic heterocycles. The number of fused-ring (bicyclic) bond motifs is 1. The van der Waals surface area contributed by atoms with Crippen LogP contribution >= 0.6 is 0 Å². The maximum atomic E-state index is 12.3. The van der Waals surface area contributed by atoms with Gasteiger partial charge in [0, 0.05) is 18.1 Å². The first-order chi connectivity index (χ1) is 10.1. The summed E-state index contributed by atoms with van der Waals surface area (Å²) in [6.07, 6.45) is 3.74. The third-order valence-corrected chi connectivity index (χ3v) is 4.25. The molecule has 2 N–H and O–H groups in total. The van der Waals surface area contributed by atoms with Crippen molar-refractivity contribution in [2.45, 2.75) is 19.3 Å². The highest BCUT2D eigenvalue weighted by Crippen LogP contribution is 2.40. The lowest BCUT2D eigenvalue weighted by atomic mass is 9.69. The van der Waals surface area contributed by atoms with Gasteiger partial charge in [-0.25, -0.2) is 0 Å². The second kappa shape index (κ2) is 5.16. The molecule has 1 aromatic carbocycles. The van der Waals surface area contributed by atoms with Crippen molar-refractivity contribution in [3.05, 3.63) is 42.1 Å². The fraction of sp³-hybridized carbons (Fsp3) is 0.312. The number of benzene rings is 1. The molecule has 5 heteroatoms. The minimum Gasteiger partial charge on any atom is -0.481 e. The van der Waals surface area contributed by atoms with Gasteiger partial charge >= 0.3 is 5.97 Å². The Balaban J connectivity index is 1.80. The Morgan fingerprint density at radius 2 is 2.00 bits per heavy atom. The van der Waals surface area contributed by atoms with Crippen LogP contribution < -0.4 is 5.32 Å². The maximum absolute atomic E-state index is 12.3. The van der Waals surface area contributed by atoms with E-state index in [2.05, 4.69) is 10.3 Å². The molecule has 0 aliphatic heterocycles. The zero-order chi connectivity index (χ0) is 14.9.